The van der Waals surface area contributed by atoms with Gasteiger partial charge >= 0.3 is 0 Å². The lowest BCUT2D eigenvalue weighted by Crippen LogP contribution is -2.14. The Morgan fingerprint density at radius 2 is 2.00 bits per heavy atom. The minimum atomic E-state index is 0.124. The molecule has 0 N–H and O–H groups in total. The Kier molecular flexibility index (Phi) is 3.65. The molecule has 104 valence electrons. The van der Waals surface area contributed by atoms with Gasteiger partial charge in [-0.15, -0.1) is 0 Å². The summed E-state index contributed by atoms with van der Waals surface area (Å²) in [5.74, 6) is 0.124. The molecular formula is C15H15BrN2OS. The van der Waals surface area contributed by atoms with Crippen LogP contribution < -0.4 is 4.80 Å². The Labute approximate surface area is 130 Å². The number of hydrogen-bond acceptors (Lipinski definition) is 3. The molecule has 1 saturated carbocycles. The Morgan fingerprint density at radius 3 is 2.55 bits per heavy atom. The van der Waals surface area contributed by atoms with Gasteiger partial charge in [-0.3, -0.25) is 4.79 Å². The molecule has 0 radical (unpaired) electrons. The molecule has 5 heteroatoms. The molecule has 20 heavy (non-hydrogen) atoms. The first kappa shape index (κ1) is 13.8. The average molecular weight is 351 g/mol. The molecule has 1 aliphatic rings. The van der Waals surface area contributed by atoms with Crippen molar-refractivity contribution in [1.29, 1.82) is 0 Å². The van der Waals surface area contributed by atoms with Gasteiger partial charge in [-0.25, -0.2) is 4.99 Å². The highest BCUT2D eigenvalue weighted by Gasteiger charge is 2.28. The molecule has 1 fully saturated rings. The normalized spacial score (nSPS) is 15.7. The third-order valence-electron chi connectivity index (χ3n) is 3.37. The quantitative estimate of drug-likeness (QED) is 0.755. The van der Waals surface area contributed by atoms with E-state index in [2.05, 4.69) is 20.5 Å². The predicted octanol–water partition coefficient (Wildman–Crippen LogP) is 4.39. The molecule has 3 rings (SSSR count). The lowest BCUT2D eigenvalue weighted by atomic mass is 10.3. The van der Waals surface area contributed by atoms with Gasteiger partial charge in [-0.05, 0) is 44.0 Å². The number of hydrogen-bond donors (Lipinski definition) is 0. The highest BCUT2D eigenvalue weighted by molar-refractivity contribution is 9.10. The number of thiazole rings is 1. The van der Waals surface area contributed by atoms with Crippen molar-refractivity contribution in [2.45, 2.75) is 32.7 Å². The topological polar surface area (TPSA) is 34.4 Å². The van der Waals surface area contributed by atoms with Crippen LogP contribution in [-0.4, -0.2) is 10.4 Å². The molecular weight excluding hydrogens is 336 g/mol. The molecule has 1 aromatic heterocycles. The number of carbonyl (C=O) groups is 1. The van der Waals surface area contributed by atoms with Crippen LogP contribution in [0.4, 0.5) is 5.69 Å². The van der Waals surface area contributed by atoms with Crippen molar-refractivity contribution < 1.29 is 4.79 Å². The van der Waals surface area contributed by atoms with Crippen molar-refractivity contribution in [2.75, 3.05) is 0 Å². The molecule has 0 atom stereocenters. The van der Waals surface area contributed by atoms with Gasteiger partial charge in [0, 0.05) is 23.1 Å². The summed E-state index contributed by atoms with van der Waals surface area (Å²) in [5, 5.41) is 0. The molecule has 0 saturated heterocycles. The third-order valence-corrected chi connectivity index (χ3v) is 5.16. The van der Waals surface area contributed by atoms with Crippen LogP contribution in [-0.2, 0) is 0 Å². The van der Waals surface area contributed by atoms with Crippen LogP contribution in [0.1, 0.15) is 41.2 Å². The molecule has 1 aliphatic carbocycles. The third kappa shape index (κ3) is 2.65. The highest BCUT2D eigenvalue weighted by atomic mass is 79.9. The van der Waals surface area contributed by atoms with Gasteiger partial charge in [-0.2, -0.15) is 0 Å². The second-order valence-electron chi connectivity index (χ2n) is 5.04. The summed E-state index contributed by atoms with van der Waals surface area (Å²) < 4.78 is 3.27. The molecule has 0 unspecified atom stereocenters. The summed E-state index contributed by atoms with van der Waals surface area (Å²) in [6.45, 7) is 3.64. The molecule has 0 spiro atoms. The van der Waals surface area contributed by atoms with E-state index in [0.29, 0.717) is 6.04 Å². The number of benzene rings is 1. The monoisotopic (exact) mass is 350 g/mol. The second kappa shape index (κ2) is 5.30. The van der Waals surface area contributed by atoms with Crippen molar-refractivity contribution >= 4 is 38.7 Å². The van der Waals surface area contributed by atoms with E-state index in [4.69, 9.17) is 4.99 Å². The Morgan fingerprint density at radius 1 is 1.35 bits per heavy atom. The van der Waals surface area contributed by atoms with E-state index in [1.165, 1.54) is 24.2 Å². The fraction of sp³-hybridized carbons (Fsp3) is 0.333. The largest absolute Gasteiger partial charge is 0.317 e. The van der Waals surface area contributed by atoms with Crippen LogP contribution in [0.3, 0.4) is 0 Å². The van der Waals surface area contributed by atoms with Gasteiger partial charge in [0.25, 0.3) is 0 Å². The Bertz CT molecular complexity index is 723. The Hall–Kier alpha value is -1.20. The van der Waals surface area contributed by atoms with Crippen molar-refractivity contribution in [3.63, 3.8) is 0 Å². The van der Waals surface area contributed by atoms with Crippen LogP contribution in [0.25, 0.3) is 0 Å². The van der Waals surface area contributed by atoms with Crippen LogP contribution >= 0.6 is 27.3 Å². The lowest BCUT2D eigenvalue weighted by molar-refractivity contribution is 0.102. The summed E-state index contributed by atoms with van der Waals surface area (Å²) in [6.07, 6.45) is 2.37. The summed E-state index contributed by atoms with van der Waals surface area (Å²) in [6, 6.07) is 8.43. The van der Waals surface area contributed by atoms with Gasteiger partial charge in [-0.1, -0.05) is 27.3 Å². The maximum Gasteiger partial charge on any atom is 0.191 e. The SMILES string of the molecule is CC(=O)c1s/c(=N\c2ccc(Br)cc2)n(C2CC2)c1C. The summed E-state index contributed by atoms with van der Waals surface area (Å²) in [7, 11) is 0. The number of ketones is 1. The first-order valence-electron chi connectivity index (χ1n) is 6.59. The zero-order chi connectivity index (χ0) is 14.3. The van der Waals surface area contributed by atoms with E-state index in [-0.39, 0.29) is 5.78 Å². The number of nitrogens with zero attached hydrogens (tertiary/aromatic N) is 2. The second-order valence-corrected chi connectivity index (χ2v) is 6.94. The van der Waals surface area contributed by atoms with E-state index in [9.17, 15) is 4.79 Å². The van der Waals surface area contributed by atoms with Crippen molar-refractivity contribution in [3.8, 4) is 0 Å². The minimum absolute atomic E-state index is 0.124. The highest BCUT2D eigenvalue weighted by Crippen LogP contribution is 2.36. The van der Waals surface area contributed by atoms with E-state index < -0.39 is 0 Å². The van der Waals surface area contributed by atoms with Crippen LogP contribution in [0.2, 0.25) is 0 Å². The fourth-order valence-electron chi connectivity index (χ4n) is 2.26. The van der Waals surface area contributed by atoms with E-state index >= 15 is 0 Å². The van der Waals surface area contributed by atoms with Gasteiger partial charge in [0.15, 0.2) is 10.6 Å². The van der Waals surface area contributed by atoms with Gasteiger partial charge in [0.2, 0.25) is 0 Å². The minimum Gasteiger partial charge on any atom is -0.317 e. The number of halogens is 1. The standard InChI is InChI=1S/C15H15BrN2OS/c1-9-14(10(2)19)20-15(18(9)13-7-8-13)17-12-5-3-11(16)4-6-12/h3-6,13H,7-8H2,1-2H3/b17-15-. The first-order chi connectivity index (χ1) is 9.56. The van der Waals surface area contributed by atoms with E-state index in [1.54, 1.807) is 6.92 Å². The van der Waals surface area contributed by atoms with Crippen molar-refractivity contribution in [1.82, 2.24) is 4.57 Å². The number of Topliss-reactive ketones (excluding diaryl/α,β-unsaturated/α-hetero) is 1. The van der Waals surface area contributed by atoms with Crippen LogP contribution in [0.5, 0.6) is 0 Å². The predicted molar refractivity (Wildman–Crippen MR) is 84.7 cm³/mol. The smallest absolute Gasteiger partial charge is 0.191 e. The summed E-state index contributed by atoms with van der Waals surface area (Å²) >= 11 is 4.92. The number of rotatable bonds is 3. The van der Waals surface area contributed by atoms with Crippen LogP contribution in [0, 0.1) is 6.92 Å². The van der Waals surface area contributed by atoms with Gasteiger partial charge in [0.1, 0.15) is 0 Å². The Balaban J connectivity index is 2.14. The molecule has 0 aliphatic heterocycles. The molecule has 1 heterocycles. The molecule has 0 bridgehead atoms. The zero-order valence-corrected chi connectivity index (χ0v) is 13.8. The first-order valence-corrected chi connectivity index (χ1v) is 8.20. The fourth-order valence-corrected chi connectivity index (χ4v) is 3.63. The zero-order valence-electron chi connectivity index (χ0n) is 11.4. The summed E-state index contributed by atoms with van der Waals surface area (Å²) in [5.41, 5.74) is 1.97. The maximum atomic E-state index is 11.7. The molecule has 1 aromatic carbocycles. The van der Waals surface area contributed by atoms with E-state index in [1.807, 2.05) is 31.2 Å². The van der Waals surface area contributed by atoms with Crippen molar-refractivity contribution in [3.05, 3.63) is 44.1 Å². The average Bonchev–Trinajstić information content (AvgIpc) is 3.17. The summed E-state index contributed by atoms with van der Waals surface area (Å²) in [4.78, 5) is 18.2. The van der Waals surface area contributed by atoms with Gasteiger partial charge < -0.3 is 4.57 Å². The number of carbonyl (C=O) groups excluding carboxylic acids is 1. The maximum absolute atomic E-state index is 11.7. The molecule has 2 aromatic rings. The molecule has 0 amide bonds. The molecule has 3 nitrogen and oxygen atoms in total. The number of aromatic nitrogens is 1. The van der Waals surface area contributed by atoms with Crippen LogP contribution in [0.15, 0.2) is 33.7 Å². The van der Waals surface area contributed by atoms with Gasteiger partial charge in [0.05, 0.1) is 10.6 Å². The lowest BCUT2D eigenvalue weighted by Gasteiger charge is -2.03. The van der Waals surface area contributed by atoms with E-state index in [0.717, 1.165) is 25.5 Å². The van der Waals surface area contributed by atoms with Crippen molar-refractivity contribution in [2.24, 2.45) is 4.99 Å².